The molecular weight excluding hydrogens is 284 g/mol. The van der Waals surface area contributed by atoms with Crippen molar-refractivity contribution in [2.24, 2.45) is 0 Å². The van der Waals surface area contributed by atoms with Crippen molar-refractivity contribution in [3.63, 3.8) is 0 Å². The summed E-state index contributed by atoms with van der Waals surface area (Å²) in [5.41, 5.74) is 1.11. The molecule has 108 valence electrons. The molecule has 0 bridgehead atoms. The van der Waals surface area contributed by atoms with Crippen LogP contribution in [0, 0.1) is 6.92 Å². The summed E-state index contributed by atoms with van der Waals surface area (Å²) < 4.78 is 27.4. The Labute approximate surface area is 118 Å². The van der Waals surface area contributed by atoms with E-state index in [0.717, 1.165) is 12.2 Å². The van der Waals surface area contributed by atoms with Gasteiger partial charge >= 0.3 is 0 Å². The second kappa shape index (κ2) is 6.25. The van der Waals surface area contributed by atoms with Crippen LogP contribution in [0.2, 0.25) is 0 Å². The number of H-pyrrole nitrogens is 1. The molecule has 1 aliphatic heterocycles. The number of hydrogen-bond acceptors (Lipinski definition) is 5. The van der Waals surface area contributed by atoms with Crippen molar-refractivity contribution in [1.82, 2.24) is 20.2 Å². The topological polar surface area (TPSA) is 86.9 Å². The zero-order valence-electron chi connectivity index (χ0n) is 11.2. The summed E-state index contributed by atoms with van der Waals surface area (Å²) in [5, 5.41) is 10.1. The summed E-state index contributed by atoms with van der Waals surface area (Å²) in [6.07, 6.45) is 2.26. The van der Waals surface area contributed by atoms with Crippen molar-refractivity contribution in [3.05, 3.63) is 11.4 Å². The first-order chi connectivity index (χ1) is 9.04. The highest BCUT2D eigenvalue weighted by Crippen LogP contribution is 2.26. The van der Waals surface area contributed by atoms with Crippen molar-refractivity contribution in [1.29, 1.82) is 0 Å². The number of rotatable bonds is 6. The van der Waals surface area contributed by atoms with Crippen LogP contribution in [0.3, 0.4) is 0 Å². The van der Waals surface area contributed by atoms with Gasteiger partial charge in [-0.05, 0) is 32.6 Å². The second-order valence-electron chi connectivity index (χ2n) is 4.64. The average molecular weight is 304 g/mol. The number of thioether (sulfide) groups is 1. The van der Waals surface area contributed by atoms with Gasteiger partial charge in [-0.25, -0.2) is 13.1 Å². The van der Waals surface area contributed by atoms with Gasteiger partial charge in [0.15, 0.2) is 0 Å². The van der Waals surface area contributed by atoms with Crippen molar-refractivity contribution in [2.75, 3.05) is 19.3 Å². The monoisotopic (exact) mass is 304 g/mol. The van der Waals surface area contributed by atoms with Crippen LogP contribution in [0.25, 0.3) is 0 Å². The summed E-state index contributed by atoms with van der Waals surface area (Å²) in [4.78, 5) is 0.282. The van der Waals surface area contributed by atoms with E-state index >= 15 is 0 Å². The molecule has 1 fully saturated rings. The minimum atomic E-state index is -3.49. The normalized spacial score (nSPS) is 20.0. The molecule has 1 aromatic rings. The van der Waals surface area contributed by atoms with Crippen LogP contribution in [0.15, 0.2) is 4.90 Å². The van der Waals surface area contributed by atoms with Crippen LogP contribution in [-0.4, -0.2) is 43.2 Å². The molecule has 1 saturated heterocycles. The van der Waals surface area contributed by atoms with E-state index < -0.39 is 10.0 Å². The highest BCUT2D eigenvalue weighted by molar-refractivity contribution is 8.00. The lowest BCUT2D eigenvalue weighted by Crippen LogP contribution is -2.31. The fourth-order valence-corrected chi connectivity index (χ4v) is 4.94. The van der Waals surface area contributed by atoms with Gasteiger partial charge in [-0.15, -0.1) is 0 Å². The molecule has 6 nitrogen and oxygen atoms in total. The third-order valence-electron chi connectivity index (χ3n) is 3.10. The number of aromatic amines is 1. The van der Waals surface area contributed by atoms with Gasteiger partial charge < -0.3 is 5.32 Å². The van der Waals surface area contributed by atoms with E-state index in [1.54, 1.807) is 14.0 Å². The van der Waals surface area contributed by atoms with E-state index in [9.17, 15) is 8.42 Å². The molecule has 1 aliphatic rings. The predicted octanol–water partition coefficient (Wildman–Crippen LogP) is 0.611. The fourth-order valence-electron chi connectivity index (χ4n) is 2.19. The highest BCUT2D eigenvalue weighted by Gasteiger charge is 2.25. The molecule has 2 rings (SSSR count). The quantitative estimate of drug-likeness (QED) is 0.717. The van der Waals surface area contributed by atoms with E-state index in [1.807, 2.05) is 11.8 Å². The summed E-state index contributed by atoms with van der Waals surface area (Å²) >= 11 is 1.84. The number of aryl methyl sites for hydroxylation is 1. The molecule has 2 heterocycles. The molecule has 8 heteroatoms. The number of nitrogens with zero attached hydrogens (tertiary/aromatic N) is 1. The summed E-state index contributed by atoms with van der Waals surface area (Å²) in [6, 6.07) is 0. The lowest BCUT2D eigenvalue weighted by molar-refractivity contribution is 0.576. The molecule has 19 heavy (non-hydrogen) atoms. The fraction of sp³-hybridized carbons (Fsp3) is 0.727. The summed E-state index contributed by atoms with van der Waals surface area (Å²) in [6.45, 7) is 2.65. The van der Waals surface area contributed by atoms with E-state index in [2.05, 4.69) is 20.2 Å². The maximum atomic E-state index is 12.4. The standard InChI is InChI=1S/C11H20N4O2S2/c1-8-11(10(7-12-2)15-14-8)19(16,17)13-6-9-4-3-5-18-9/h9,12-13H,3-7H2,1-2H3,(H,14,15). The Bertz CT molecular complexity index is 521. The molecule has 3 N–H and O–H groups in total. The Kier molecular flexibility index (Phi) is 4.88. The number of hydrogen-bond donors (Lipinski definition) is 3. The Morgan fingerprint density at radius 3 is 2.95 bits per heavy atom. The lowest BCUT2D eigenvalue weighted by atomic mass is 10.2. The molecule has 0 aromatic carbocycles. The first-order valence-electron chi connectivity index (χ1n) is 6.34. The minimum Gasteiger partial charge on any atom is -0.314 e. The molecular formula is C11H20N4O2S2. The van der Waals surface area contributed by atoms with Gasteiger partial charge in [0.05, 0.1) is 11.4 Å². The first kappa shape index (κ1) is 14.8. The molecule has 0 spiro atoms. The Morgan fingerprint density at radius 1 is 1.53 bits per heavy atom. The second-order valence-corrected chi connectivity index (χ2v) is 7.75. The van der Waals surface area contributed by atoms with E-state index in [1.165, 1.54) is 6.42 Å². The maximum absolute atomic E-state index is 12.4. The van der Waals surface area contributed by atoms with Crippen molar-refractivity contribution in [2.45, 2.75) is 36.5 Å². The zero-order chi connectivity index (χ0) is 13.9. The van der Waals surface area contributed by atoms with Crippen molar-refractivity contribution >= 4 is 21.8 Å². The SMILES string of the molecule is CNCc1n[nH]c(C)c1S(=O)(=O)NCC1CCCS1. The lowest BCUT2D eigenvalue weighted by Gasteiger charge is -2.11. The maximum Gasteiger partial charge on any atom is 0.244 e. The van der Waals surface area contributed by atoms with Gasteiger partial charge in [-0.1, -0.05) is 0 Å². The highest BCUT2D eigenvalue weighted by atomic mass is 32.2. The van der Waals surface area contributed by atoms with Crippen molar-refractivity contribution < 1.29 is 8.42 Å². The van der Waals surface area contributed by atoms with Gasteiger partial charge in [-0.2, -0.15) is 16.9 Å². The number of aromatic nitrogens is 2. The molecule has 1 atom stereocenters. The number of nitrogens with one attached hydrogen (secondary N) is 3. The van der Waals surface area contributed by atoms with E-state index in [0.29, 0.717) is 29.7 Å². The molecule has 0 radical (unpaired) electrons. The molecule has 0 aliphatic carbocycles. The zero-order valence-corrected chi connectivity index (χ0v) is 12.8. The predicted molar refractivity (Wildman–Crippen MR) is 76.8 cm³/mol. The van der Waals surface area contributed by atoms with Gasteiger partial charge in [0.25, 0.3) is 0 Å². The van der Waals surface area contributed by atoms with Crippen molar-refractivity contribution in [3.8, 4) is 0 Å². The van der Waals surface area contributed by atoms with Crippen LogP contribution in [0.1, 0.15) is 24.2 Å². The minimum absolute atomic E-state index is 0.282. The summed E-state index contributed by atoms with van der Waals surface area (Å²) in [7, 11) is -1.72. The van der Waals surface area contributed by atoms with Crippen LogP contribution in [-0.2, 0) is 16.6 Å². The Balaban J connectivity index is 2.11. The third kappa shape index (κ3) is 3.50. The molecule has 0 amide bonds. The molecule has 1 aromatic heterocycles. The van der Waals surface area contributed by atoms with E-state index in [4.69, 9.17) is 0 Å². The number of sulfonamides is 1. The average Bonchev–Trinajstić information content (AvgIpc) is 2.97. The third-order valence-corrected chi connectivity index (χ3v) is 6.12. The van der Waals surface area contributed by atoms with Gasteiger partial charge in [-0.3, -0.25) is 5.10 Å². The molecule has 0 saturated carbocycles. The van der Waals surface area contributed by atoms with Crippen LogP contribution >= 0.6 is 11.8 Å². The van der Waals surface area contributed by atoms with Gasteiger partial charge in [0.1, 0.15) is 4.90 Å². The van der Waals surface area contributed by atoms with Crippen LogP contribution in [0.5, 0.6) is 0 Å². The molecule has 1 unspecified atom stereocenters. The van der Waals surface area contributed by atoms with Gasteiger partial charge in [0.2, 0.25) is 10.0 Å². The largest absolute Gasteiger partial charge is 0.314 e. The smallest absolute Gasteiger partial charge is 0.244 e. The Hall–Kier alpha value is -0.570. The van der Waals surface area contributed by atoms with Crippen LogP contribution in [0.4, 0.5) is 0 Å². The first-order valence-corrected chi connectivity index (χ1v) is 8.87. The van der Waals surface area contributed by atoms with Gasteiger partial charge in [0, 0.05) is 18.3 Å². The summed E-state index contributed by atoms with van der Waals surface area (Å²) in [5.74, 6) is 1.13. The Morgan fingerprint density at radius 2 is 2.32 bits per heavy atom. The van der Waals surface area contributed by atoms with E-state index in [-0.39, 0.29) is 4.90 Å². The van der Waals surface area contributed by atoms with Crippen LogP contribution < -0.4 is 10.0 Å².